The highest BCUT2D eigenvalue weighted by molar-refractivity contribution is 5.94. The SMILES string of the molecule is CN(CC(O)C(F)(F)F)C(=O)/C=C/c1ccc(C(N)=O)cc1. The van der Waals surface area contributed by atoms with E-state index in [2.05, 4.69) is 0 Å². The topological polar surface area (TPSA) is 83.6 Å². The predicted molar refractivity (Wildman–Crippen MR) is 73.7 cm³/mol. The largest absolute Gasteiger partial charge is 0.416 e. The van der Waals surface area contributed by atoms with E-state index in [-0.39, 0.29) is 0 Å². The Hall–Kier alpha value is -2.35. The molecule has 0 aliphatic rings. The van der Waals surface area contributed by atoms with Crippen molar-refractivity contribution in [2.45, 2.75) is 12.3 Å². The molecule has 3 N–H and O–H groups in total. The third kappa shape index (κ3) is 5.21. The zero-order chi connectivity index (χ0) is 16.9. The number of aliphatic hydroxyl groups excluding tert-OH is 1. The summed E-state index contributed by atoms with van der Waals surface area (Å²) in [6, 6.07) is 6.00. The molecule has 120 valence electrons. The summed E-state index contributed by atoms with van der Waals surface area (Å²) in [6.45, 7) is -0.854. The number of carbonyl (C=O) groups excluding carboxylic acids is 2. The molecule has 5 nitrogen and oxygen atoms in total. The summed E-state index contributed by atoms with van der Waals surface area (Å²) in [7, 11) is 1.15. The van der Waals surface area contributed by atoms with Crippen LogP contribution in [0.4, 0.5) is 13.2 Å². The standard InChI is InChI=1S/C14H15F3N2O3/c1-19(8-11(20)14(15,16)17)12(21)7-4-9-2-5-10(6-3-9)13(18)22/h2-7,11,20H,8H2,1H3,(H2,18,22)/b7-4+. The zero-order valence-electron chi connectivity index (χ0n) is 11.7. The van der Waals surface area contributed by atoms with Crippen molar-refractivity contribution in [3.8, 4) is 0 Å². The molecular weight excluding hydrogens is 301 g/mol. The Balaban J connectivity index is 2.65. The van der Waals surface area contributed by atoms with Gasteiger partial charge >= 0.3 is 6.18 Å². The lowest BCUT2D eigenvalue weighted by Crippen LogP contribution is -2.41. The van der Waals surface area contributed by atoms with Gasteiger partial charge in [0.05, 0.1) is 6.54 Å². The summed E-state index contributed by atoms with van der Waals surface area (Å²) < 4.78 is 36.5. The van der Waals surface area contributed by atoms with Crippen molar-refractivity contribution in [3.05, 3.63) is 41.5 Å². The first-order valence-corrected chi connectivity index (χ1v) is 6.19. The molecule has 8 heteroatoms. The van der Waals surface area contributed by atoms with Crippen LogP contribution in [0, 0.1) is 0 Å². The van der Waals surface area contributed by atoms with Crippen molar-refractivity contribution in [2.24, 2.45) is 5.73 Å². The van der Waals surface area contributed by atoms with Crippen LogP contribution in [-0.2, 0) is 4.79 Å². The molecule has 1 unspecified atom stereocenters. The van der Waals surface area contributed by atoms with E-state index < -0.39 is 30.6 Å². The average molecular weight is 316 g/mol. The van der Waals surface area contributed by atoms with Gasteiger partial charge in [-0.05, 0) is 23.8 Å². The Bertz CT molecular complexity index is 568. The molecule has 22 heavy (non-hydrogen) atoms. The Morgan fingerprint density at radius 3 is 2.32 bits per heavy atom. The fourth-order valence-corrected chi connectivity index (χ4v) is 1.51. The van der Waals surface area contributed by atoms with E-state index >= 15 is 0 Å². The maximum atomic E-state index is 12.2. The van der Waals surface area contributed by atoms with Crippen LogP contribution >= 0.6 is 0 Å². The van der Waals surface area contributed by atoms with E-state index in [0.29, 0.717) is 11.1 Å². The van der Waals surface area contributed by atoms with Crippen LogP contribution in [0.1, 0.15) is 15.9 Å². The molecular formula is C14H15F3N2O3. The zero-order valence-corrected chi connectivity index (χ0v) is 11.7. The van der Waals surface area contributed by atoms with Crippen LogP contribution in [0.5, 0.6) is 0 Å². The summed E-state index contributed by atoms with van der Waals surface area (Å²) in [6.07, 6.45) is -4.92. The number of hydrogen-bond acceptors (Lipinski definition) is 3. The third-order valence-electron chi connectivity index (χ3n) is 2.81. The van der Waals surface area contributed by atoms with Crippen LogP contribution in [0.3, 0.4) is 0 Å². The van der Waals surface area contributed by atoms with Gasteiger partial charge in [0.25, 0.3) is 0 Å². The Morgan fingerprint density at radius 1 is 1.32 bits per heavy atom. The van der Waals surface area contributed by atoms with Crippen molar-refractivity contribution >= 4 is 17.9 Å². The lowest BCUT2D eigenvalue weighted by Gasteiger charge is -2.21. The number of carbonyl (C=O) groups is 2. The molecule has 0 fully saturated rings. The molecule has 1 rings (SSSR count). The summed E-state index contributed by atoms with van der Waals surface area (Å²) >= 11 is 0. The minimum absolute atomic E-state index is 0.300. The summed E-state index contributed by atoms with van der Waals surface area (Å²) in [5, 5.41) is 8.89. The number of nitrogens with two attached hydrogens (primary N) is 1. The van der Waals surface area contributed by atoms with Crippen molar-refractivity contribution in [3.63, 3.8) is 0 Å². The van der Waals surface area contributed by atoms with Crippen LogP contribution < -0.4 is 5.73 Å². The number of benzene rings is 1. The maximum Gasteiger partial charge on any atom is 0.416 e. The second kappa shape index (κ2) is 7.08. The first-order valence-electron chi connectivity index (χ1n) is 6.19. The van der Waals surface area contributed by atoms with Crippen molar-refractivity contribution < 1.29 is 27.9 Å². The molecule has 1 atom stereocenters. The number of likely N-dealkylation sites (N-methyl/N-ethyl adjacent to an activating group) is 1. The molecule has 1 aromatic carbocycles. The van der Waals surface area contributed by atoms with Gasteiger partial charge in [-0.3, -0.25) is 9.59 Å². The minimum atomic E-state index is -4.77. The Labute approximate surface area is 124 Å². The molecule has 2 amide bonds. The molecule has 0 aromatic heterocycles. The first-order chi connectivity index (χ1) is 10.1. The van der Waals surface area contributed by atoms with E-state index in [9.17, 15) is 22.8 Å². The summed E-state index contributed by atoms with van der Waals surface area (Å²) in [5.41, 5.74) is 5.95. The lowest BCUT2D eigenvalue weighted by molar-refractivity contribution is -0.207. The Kier molecular flexibility index (Phi) is 5.69. The van der Waals surface area contributed by atoms with E-state index in [4.69, 9.17) is 10.8 Å². The van der Waals surface area contributed by atoms with Gasteiger partial charge in [0.2, 0.25) is 11.8 Å². The quantitative estimate of drug-likeness (QED) is 0.800. The highest BCUT2D eigenvalue weighted by Crippen LogP contribution is 2.20. The minimum Gasteiger partial charge on any atom is -0.382 e. The van der Waals surface area contributed by atoms with Crippen molar-refractivity contribution in [1.29, 1.82) is 0 Å². The molecule has 0 aliphatic heterocycles. The van der Waals surface area contributed by atoms with Crippen LogP contribution in [0.2, 0.25) is 0 Å². The molecule has 0 bridgehead atoms. The average Bonchev–Trinajstić information content (AvgIpc) is 2.43. The second-order valence-corrected chi connectivity index (χ2v) is 4.60. The summed E-state index contributed by atoms with van der Waals surface area (Å²) in [4.78, 5) is 23.3. The monoisotopic (exact) mass is 316 g/mol. The van der Waals surface area contributed by atoms with E-state index in [1.54, 1.807) is 0 Å². The fraction of sp³-hybridized carbons (Fsp3) is 0.286. The number of halogens is 3. The number of amides is 2. The molecule has 1 aromatic rings. The van der Waals surface area contributed by atoms with Crippen LogP contribution in [-0.4, -0.2) is 47.7 Å². The van der Waals surface area contributed by atoms with Gasteiger partial charge < -0.3 is 15.7 Å². The smallest absolute Gasteiger partial charge is 0.382 e. The normalized spacial score (nSPS) is 13.1. The van der Waals surface area contributed by atoms with Gasteiger partial charge in [-0.25, -0.2) is 0 Å². The third-order valence-corrected chi connectivity index (χ3v) is 2.81. The number of primary amides is 1. The number of hydrogen-bond donors (Lipinski definition) is 2. The number of alkyl halides is 3. The van der Waals surface area contributed by atoms with Gasteiger partial charge in [-0.1, -0.05) is 12.1 Å². The van der Waals surface area contributed by atoms with Gasteiger partial charge in [-0.2, -0.15) is 13.2 Å². The van der Waals surface area contributed by atoms with Gasteiger partial charge in [-0.15, -0.1) is 0 Å². The van der Waals surface area contributed by atoms with Gasteiger partial charge in [0, 0.05) is 18.7 Å². The number of nitrogens with zero attached hydrogens (tertiary/aromatic N) is 1. The predicted octanol–water partition coefficient (Wildman–Crippen LogP) is 1.18. The van der Waals surface area contributed by atoms with Crippen LogP contribution in [0.25, 0.3) is 6.08 Å². The molecule has 0 spiro atoms. The van der Waals surface area contributed by atoms with Gasteiger partial charge in [0.15, 0.2) is 6.10 Å². The molecule has 0 radical (unpaired) electrons. The van der Waals surface area contributed by atoms with E-state index in [1.165, 1.54) is 30.3 Å². The lowest BCUT2D eigenvalue weighted by atomic mass is 10.1. The number of aliphatic hydroxyl groups is 1. The molecule has 0 saturated carbocycles. The molecule has 0 saturated heterocycles. The van der Waals surface area contributed by atoms with E-state index in [1.807, 2.05) is 0 Å². The molecule has 0 heterocycles. The maximum absolute atomic E-state index is 12.2. The summed E-state index contributed by atoms with van der Waals surface area (Å²) in [5.74, 6) is -1.28. The highest BCUT2D eigenvalue weighted by Gasteiger charge is 2.39. The van der Waals surface area contributed by atoms with Crippen molar-refractivity contribution in [2.75, 3.05) is 13.6 Å². The van der Waals surface area contributed by atoms with E-state index in [0.717, 1.165) is 18.0 Å². The van der Waals surface area contributed by atoms with Crippen molar-refractivity contribution in [1.82, 2.24) is 4.90 Å². The first kappa shape index (κ1) is 17.7. The fourth-order valence-electron chi connectivity index (χ4n) is 1.51. The number of rotatable bonds is 5. The second-order valence-electron chi connectivity index (χ2n) is 4.60. The van der Waals surface area contributed by atoms with Crippen LogP contribution in [0.15, 0.2) is 30.3 Å². The molecule has 0 aliphatic carbocycles. The van der Waals surface area contributed by atoms with Gasteiger partial charge in [0.1, 0.15) is 0 Å². The Morgan fingerprint density at radius 2 is 1.86 bits per heavy atom. The highest BCUT2D eigenvalue weighted by atomic mass is 19.4.